The molecule has 1 heterocycles. The van der Waals surface area contributed by atoms with Crippen LogP contribution in [-0.2, 0) is 0 Å². The average molecular weight is 301 g/mol. The first-order valence-corrected chi connectivity index (χ1v) is 5.34. The molecule has 1 aromatic carbocycles. The molecule has 0 unspecified atom stereocenters. The Morgan fingerprint density at radius 3 is 2.53 bits per heavy atom. The quantitative estimate of drug-likeness (QED) is 0.837. The van der Waals surface area contributed by atoms with E-state index in [1.807, 2.05) is 0 Å². The van der Waals surface area contributed by atoms with E-state index in [1.54, 1.807) is 0 Å². The number of nitrogens with zero attached hydrogens (tertiary/aromatic N) is 2. The van der Waals surface area contributed by atoms with Gasteiger partial charge in [0, 0.05) is 6.07 Å². The molecule has 2 aromatic rings. The molecule has 1 aromatic heterocycles. The zero-order valence-corrected chi connectivity index (χ0v) is 10.0. The molecule has 0 saturated carbocycles. The zero-order valence-electron chi connectivity index (χ0n) is 8.42. The van der Waals surface area contributed by atoms with Gasteiger partial charge in [0.25, 0.3) is 0 Å². The third kappa shape index (κ3) is 2.68. The van der Waals surface area contributed by atoms with E-state index in [9.17, 15) is 8.78 Å². The maximum Gasteiger partial charge on any atom is 0.149 e. The van der Waals surface area contributed by atoms with Gasteiger partial charge < -0.3 is 11.1 Å². The minimum atomic E-state index is -0.718. The Hall–Kier alpha value is -1.76. The van der Waals surface area contributed by atoms with Crippen LogP contribution in [0.15, 0.2) is 29.0 Å². The first-order valence-electron chi connectivity index (χ1n) is 4.55. The van der Waals surface area contributed by atoms with Crippen LogP contribution >= 0.6 is 15.9 Å². The van der Waals surface area contributed by atoms with Gasteiger partial charge in [-0.15, -0.1) is 0 Å². The highest BCUT2D eigenvalue weighted by Gasteiger charge is 2.08. The molecule has 0 atom stereocenters. The Labute approximate surface area is 104 Å². The average Bonchev–Trinajstić information content (AvgIpc) is 2.29. The van der Waals surface area contributed by atoms with Gasteiger partial charge in [0.15, 0.2) is 0 Å². The van der Waals surface area contributed by atoms with Crippen molar-refractivity contribution in [2.75, 3.05) is 11.1 Å². The van der Waals surface area contributed by atoms with Crippen LogP contribution in [0.5, 0.6) is 0 Å². The fraction of sp³-hybridized carbons (Fsp3) is 0. The molecule has 0 bridgehead atoms. The number of rotatable bonds is 2. The fourth-order valence-corrected chi connectivity index (χ4v) is 1.50. The Morgan fingerprint density at radius 1 is 1.12 bits per heavy atom. The molecule has 0 aliphatic heterocycles. The summed E-state index contributed by atoms with van der Waals surface area (Å²) in [5.74, 6) is -0.811. The molecule has 0 saturated heterocycles. The van der Waals surface area contributed by atoms with Crippen molar-refractivity contribution in [3.05, 3.63) is 40.6 Å². The maximum absolute atomic E-state index is 13.4. The molecule has 88 valence electrons. The van der Waals surface area contributed by atoms with Crippen molar-refractivity contribution < 1.29 is 8.78 Å². The summed E-state index contributed by atoms with van der Waals surface area (Å²) in [6.45, 7) is 0. The van der Waals surface area contributed by atoms with E-state index in [2.05, 4.69) is 31.2 Å². The van der Waals surface area contributed by atoms with Crippen LogP contribution in [0.25, 0.3) is 0 Å². The van der Waals surface area contributed by atoms with E-state index in [1.165, 1.54) is 18.5 Å². The van der Waals surface area contributed by atoms with E-state index < -0.39 is 11.6 Å². The van der Waals surface area contributed by atoms with Crippen LogP contribution < -0.4 is 11.1 Å². The van der Waals surface area contributed by atoms with Gasteiger partial charge in [0.1, 0.15) is 23.3 Å². The summed E-state index contributed by atoms with van der Waals surface area (Å²) in [5, 5.41) is 2.67. The summed E-state index contributed by atoms with van der Waals surface area (Å²) < 4.78 is 26.5. The smallest absolute Gasteiger partial charge is 0.149 e. The summed E-state index contributed by atoms with van der Waals surface area (Å²) in [6.07, 6.45) is 2.69. The number of halogens is 3. The topological polar surface area (TPSA) is 63.8 Å². The summed E-state index contributed by atoms with van der Waals surface area (Å²) in [6, 6.07) is 2.06. The third-order valence-corrected chi connectivity index (χ3v) is 2.55. The third-order valence-electron chi connectivity index (χ3n) is 1.94. The lowest BCUT2D eigenvalue weighted by molar-refractivity contribution is 0.581. The van der Waals surface area contributed by atoms with Crippen LogP contribution in [-0.4, -0.2) is 9.97 Å². The Morgan fingerprint density at radius 2 is 1.88 bits per heavy atom. The lowest BCUT2D eigenvalue weighted by Gasteiger charge is -2.07. The van der Waals surface area contributed by atoms with Crippen molar-refractivity contribution in [1.82, 2.24) is 9.97 Å². The molecule has 17 heavy (non-hydrogen) atoms. The number of nitrogens with one attached hydrogen (secondary N) is 1. The summed E-state index contributed by atoms with van der Waals surface area (Å²) in [4.78, 5) is 7.68. The highest BCUT2D eigenvalue weighted by atomic mass is 79.9. The van der Waals surface area contributed by atoms with Crippen molar-refractivity contribution in [1.29, 1.82) is 0 Å². The van der Waals surface area contributed by atoms with Crippen molar-refractivity contribution in [3.8, 4) is 0 Å². The second-order valence-corrected chi connectivity index (χ2v) is 4.05. The fourth-order valence-electron chi connectivity index (χ4n) is 1.16. The number of nitrogens with two attached hydrogens (primary N) is 1. The van der Waals surface area contributed by atoms with Gasteiger partial charge in [-0.25, -0.2) is 18.7 Å². The molecular weight excluding hydrogens is 294 g/mol. The molecular formula is C10H7BrF2N4. The van der Waals surface area contributed by atoms with Crippen molar-refractivity contribution >= 4 is 33.3 Å². The van der Waals surface area contributed by atoms with E-state index in [0.29, 0.717) is 5.82 Å². The molecule has 3 N–H and O–H groups in total. The van der Waals surface area contributed by atoms with Crippen molar-refractivity contribution in [3.63, 3.8) is 0 Å². The molecule has 0 aliphatic rings. The summed E-state index contributed by atoms with van der Waals surface area (Å²) >= 11 is 2.97. The Kier molecular flexibility index (Phi) is 3.19. The first kappa shape index (κ1) is 11.7. The Bertz CT molecular complexity index is 545. The van der Waals surface area contributed by atoms with Gasteiger partial charge in [-0.1, -0.05) is 0 Å². The lowest BCUT2D eigenvalue weighted by Crippen LogP contribution is -1.99. The molecule has 0 amide bonds. The van der Waals surface area contributed by atoms with Crippen LogP contribution in [0.1, 0.15) is 0 Å². The number of benzene rings is 1. The zero-order chi connectivity index (χ0) is 12.4. The molecule has 0 aliphatic carbocycles. The second kappa shape index (κ2) is 4.62. The van der Waals surface area contributed by atoms with Crippen molar-refractivity contribution in [2.45, 2.75) is 0 Å². The van der Waals surface area contributed by atoms with Crippen LogP contribution in [0.2, 0.25) is 0 Å². The van der Waals surface area contributed by atoms with Gasteiger partial charge in [0.2, 0.25) is 0 Å². The van der Waals surface area contributed by atoms with Crippen LogP contribution in [0.3, 0.4) is 0 Å². The predicted octanol–water partition coefficient (Wildman–Crippen LogP) is 2.84. The van der Waals surface area contributed by atoms with Gasteiger partial charge in [-0.05, 0) is 22.0 Å². The summed E-state index contributed by atoms with van der Waals surface area (Å²) in [5.41, 5.74) is 5.46. The minimum Gasteiger partial charge on any atom is -0.382 e. The number of hydrogen-bond donors (Lipinski definition) is 2. The van der Waals surface area contributed by atoms with Gasteiger partial charge in [0.05, 0.1) is 22.6 Å². The second-order valence-electron chi connectivity index (χ2n) is 3.20. The Balaban J connectivity index is 2.30. The molecule has 0 spiro atoms. The summed E-state index contributed by atoms with van der Waals surface area (Å²) in [7, 11) is 0. The first-order chi connectivity index (χ1) is 8.06. The monoisotopic (exact) mass is 300 g/mol. The highest BCUT2D eigenvalue weighted by molar-refractivity contribution is 9.10. The normalized spacial score (nSPS) is 10.3. The van der Waals surface area contributed by atoms with Gasteiger partial charge >= 0.3 is 0 Å². The predicted molar refractivity (Wildman–Crippen MR) is 63.8 cm³/mol. The number of aromatic nitrogens is 2. The van der Waals surface area contributed by atoms with Crippen LogP contribution in [0.4, 0.5) is 26.1 Å². The van der Waals surface area contributed by atoms with Crippen LogP contribution in [0, 0.1) is 11.6 Å². The number of nitrogen functional groups attached to an aromatic ring is 1. The minimum absolute atomic E-state index is 0.0948. The number of anilines is 3. The van der Waals surface area contributed by atoms with E-state index in [-0.39, 0.29) is 16.0 Å². The van der Waals surface area contributed by atoms with E-state index in [4.69, 9.17) is 5.73 Å². The highest BCUT2D eigenvalue weighted by Crippen LogP contribution is 2.25. The molecule has 4 nitrogen and oxygen atoms in total. The van der Waals surface area contributed by atoms with Gasteiger partial charge in [-0.3, -0.25) is 0 Å². The largest absolute Gasteiger partial charge is 0.382 e. The van der Waals surface area contributed by atoms with E-state index >= 15 is 0 Å². The number of hydrogen-bond acceptors (Lipinski definition) is 4. The molecule has 0 radical (unpaired) electrons. The molecule has 0 fully saturated rings. The standard InChI is InChI=1S/C10H7BrF2N4/c11-5-1-8(7(13)2-6(5)12)17-10-4-15-9(14)3-16-10/h1-4H,(H2,14,15)(H,16,17). The lowest BCUT2D eigenvalue weighted by atomic mass is 10.3. The maximum atomic E-state index is 13.4. The SMILES string of the molecule is Nc1cnc(Nc2cc(Br)c(F)cc2F)cn1. The van der Waals surface area contributed by atoms with Crippen molar-refractivity contribution in [2.24, 2.45) is 0 Å². The van der Waals surface area contributed by atoms with Gasteiger partial charge in [-0.2, -0.15) is 0 Å². The molecule has 7 heteroatoms. The van der Waals surface area contributed by atoms with E-state index in [0.717, 1.165) is 6.07 Å². The molecule has 2 rings (SSSR count).